The molecule has 0 saturated heterocycles. The van der Waals surface area contributed by atoms with Gasteiger partial charge >= 0.3 is 0 Å². The number of aromatic nitrogens is 4. The molecule has 3 aromatic heterocycles. The van der Waals surface area contributed by atoms with Crippen LogP contribution in [0.2, 0.25) is 0 Å². The number of hydrogen-bond donors (Lipinski definition) is 0. The molecule has 4 aromatic carbocycles. The zero-order valence-corrected chi connectivity index (χ0v) is 22.5. The number of hydrogen-bond acceptors (Lipinski definition) is 4. The molecule has 0 aliphatic heterocycles. The Kier molecular flexibility index (Phi) is 6.06. The summed E-state index contributed by atoms with van der Waals surface area (Å²) < 4.78 is 4.74. The van der Waals surface area contributed by atoms with Gasteiger partial charge in [-0.15, -0.1) is 0 Å². The van der Waals surface area contributed by atoms with Crippen LogP contribution in [0.3, 0.4) is 0 Å². The minimum absolute atomic E-state index is 0.901. The lowest BCUT2D eigenvalue weighted by Gasteiger charge is -2.16. The normalized spacial score (nSPS) is 12.2. The van der Waals surface area contributed by atoms with Gasteiger partial charge in [-0.25, -0.2) is 0 Å². The van der Waals surface area contributed by atoms with Gasteiger partial charge in [0.15, 0.2) is 0 Å². The van der Waals surface area contributed by atoms with Crippen molar-refractivity contribution in [3.05, 3.63) is 140 Å². The van der Waals surface area contributed by atoms with Gasteiger partial charge in [0, 0.05) is 56.8 Å². The molecule has 0 unspecified atom stereocenters. The van der Waals surface area contributed by atoms with E-state index in [4.69, 9.17) is 0 Å². The van der Waals surface area contributed by atoms with Crippen LogP contribution in [-0.2, 0) is 0 Å². The van der Waals surface area contributed by atoms with Crippen LogP contribution < -0.4 is 0 Å². The zero-order chi connectivity index (χ0) is 27.8. The first kappa shape index (κ1) is 24.4. The summed E-state index contributed by atoms with van der Waals surface area (Å²) >= 11 is 0. The number of allylic oxidation sites excluding steroid dienone is 2. The third-order valence-corrected chi connectivity index (χ3v) is 7.47. The van der Waals surface area contributed by atoms with E-state index >= 15 is 0 Å². The first-order valence-electron chi connectivity index (χ1n) is 13.4. The molecule has 0 aliphatic carbocycles. The highest BCUT2D eigenvalue weighted by Gasteiger charge is 2.25. The molecule has 41 heavy (non-hydrogen) atoms. The second-order valence-corrected chi connectivity index (χ2v) is 9.68. The number of azo groups is 1. The molecule has 0 saturated carbocycles. The molecular formula is C35H26N6. The highest BCUT2D eigenvalue weighted by molar-refractivity contribution is 6.25. The predicted molar refractivity (Wildman–Crippen MR) is 168 cm³/mol. The maximum atomic E-state index is 4.20. The molecule has 0 aliphatic rings. The van der Waals surface area contributed by atoms with E-state index in [-0.39, 0.29) is 0 Å². The Hall–Kier alpha value is -5.62. The Morgan fingerprint density at radius 3 is 2.02 bits per heavy atom. The van der Waals surface area contributed by atoms with Crippen LogP contribution in [-0.4, -0.2) is 26.4 Å². The molecule has 0 radical (unpaired) electrons. The highest BCUT2D eigenvalue weighted by atomic mass is 15.1. The van der Waals surface area contributed by atoms with Gasteiger partial charge in [0.2, 0.25) is 0 Å². The van der Waals surface area contributed by atoms with E-state index in [1.807, 2.05) is 30.5 Å². The Labute approximate surface area is 237 Å². The van der Waals surface area contributed by atoms with E-state index in [1.54, 1.807) is 19.4 Å². The van der Waals surface area contributed by atoms with Crippen molar-refractivity contribution in [3.8, 4) is 22.5 Å². The van der Waals surface area contributed by atoms with E-state index in [9.17, 15) is 0 Å². The van der Waals surface area contributed by atoms with Gasteiger partial charge in [-0.05, 0) is 30.3 Å². The maximum Gasteiger partial charge on any atom is 0.131 e. The van der Waals surface area contributed by atoms with Crippen LogP contribution in [0.25, 0.3) is 60.9 Å². The first-order chi connectivity index (χ1) is 20.3. The van der Waals surface area contributed by atoms with Crippen molar-refractivity contribution in [2.45, 2.75) is 0 Å². The average Bonchev–Trinajstić information content (AvgIpc) is 3.56. The van der Waals surface area contributed by atoms with Gasteiger partial charge in [-0.2, -0.15) is 20.4 Å². The summed E-state index contributed by atoms with van der Waals surface area (Å²) in [7, 11) is 1.67. The first-order valence-corrected chi connectivity index (χ1v) is 13.4. The van der Waals surface area contributed by atoms with Crippen molar-refractivity contribution in [1.29, 1.82) is 0 Å². The lowest BCUT2D eigenvalue weighted by Crippen LogP contribution is -2.03. The van der Waals surface area contributed by atoms with Gasteiger partial charge < -0.3 is 0 Å². The second-order valence-electron chi connectivity index (χ2n) is 9.68. The molecule has 0 amide bonds. The average molecular weight is 531 g/mol. The highest BCUT2D eigenvalue weighted by Crippen LogP contribution is 2.45. The second kappa shape index (κ2) is 10.2. The van der Waals surface area contributed by atoms with Crippen molar-refractivity contribution in [2.24, 2.45) is 10.2 Å². The summed E-state index contributed by atoms with van der Waals surface area (Å²) in [6.07, 6.45) is 7.18. The van der Waals surface area contributed by atoms with Gasteiger partial charge in [0.1, 0.15) is 5.65 Å². The van der Waals surface area contributed by atoms with E-state index in [0.29, 0.717) is 0 Å². The molecule has 6 heteroatoms. The summed E-state index contributed by atoms with van der Waals surface area (Å²) in [5.41, 5.74) is 9.46. The number of nitrogens with zero attached hydrogens (tertiary/aromatic N) is 6. The number of para-hydroxylation sites is 4. The number of rotatable bonds is 6. The smallest absolute Gasteiger partial charge is 0.131 e. The molecule has 0 fully saturated rings. The molecule has 196 valence electrons. The lowest BCUT2D eigenvalue weighted by molar-refractivity contribution is 1.03. The predicted octanol–water partition coefficient (Wildman–Crippen LogP) is 8.79. The standard InChI is InChI=1S/C35H26N6/c1-3-24(22-38-36-2)28-16-10-18-30-32-31-19-11-17-29(25-20-21-37-39-23-25)34(31)41(27-14-8-5-9-15-27)35(32)40(33(28)30)26-12-6-4-7-13-26/h3-23H,1H2,2H3/b24-22+,38-36?. The summed E-state index contributed by atoms with van der Waals surface area (Å²) in [6.45, 7) is 4.11. The van der Waals surface area contributed by atoms with Gasteiger partial charge in [-0.3, -0.25) is 9.13 Å². The minimum atomic E-state index is 0.901. The van der Waals surface area contributed by atoms with Crippen LogP contribution in [0.15, 0.2) is 145 Å². The Morgan fingerprint density at radius 2 is 1.39 bits per heavy atom. The summed E-state index contributed by atoms with van der Waals surface area (Å²) in [5, 5.41) is 19.9. The molecule has 6 nitrogen and oxygen atoms in total. The van der Waals surface area contributed by atoms with Crippen LogP contribution >= 0.6 is 0 Å². The molecular weight excluding hydrogens is 504 g/mol. The van der Waals surface area contributed by atoms with Gasteiger partial charge in [0.25, 0.3) is 0 Å². The monoisotopic (exact) mass is 530 g/mol. The third-order valence-electron chi connectivity index (χ3n) is 7.47. The zero-order valence-electron chi connectivity index (χ0n) is 22.5. The van der Waals surface area contributed by atoms with E-state index < -0.39 is 0 Å². The lowest BCUT2D eigenvalue weighted by atomic mass is 10.0. The van der Waals surface area contributed by atoms with Crippen molar-refractivity contribution in [1.82, 2.24) is 19.3 Å². The minimum Gasteiger partial charge on any atom is -0.294 e. The van der Waals surface area contributed by atoms with Crippen molar-refractivity contribution < 1.29 is 0 Å². The summed E-state index contributed by atoms with van der Waals surface area (Å²) in [6, 6.07) is 36.0. The maximum absolute atomic E-state index is 4.20. The molecule has 7 aromatic rings. The Morgan fingerprint density at radius 1 is 0.732 bits per heavy atom. The van der Waals surface area contributed by atoms with E-state index in [0.717, 1.165) is 61.1 Å². The quantitative estimate of drug-likeness (QED) is 0.159. The van der Waals surface area contributed by atoms with Crippen molar-refractivity contribution in [3.63, 3.8) is 0 Å². The van der Waals surface area contributed by atoms with Crippen LogP contribution in [0.4, 0.5) is 0 Å². The van der Waals surface area contributed by atoms with Crippen LogP contribution in [0.5, 0.6) is 0 Å². The Balaban J connectivity index is 1.76. The molecule has 7 rings (SSSR count). The number of fused-ring (bicyclic) bond motifs is 5. The molecule has 0 atom stereocenters. The van der Waals surface area contributed by atoms with E-state index in [1.165, 1.54) is 5.39 Å². The molecule has 0 N–H and O–H groups in total. The SMILES string of the molecule is C=C/C(=C\N=NC)c1cccc2c3c4cccc(-c5ccnnc5)c4n(-c4ccccc4)c3n(-c3ccccc3)c12. The topological polar surface area (TPSA) is 60.4 Å². The summed E-state index contributed by atoms with van der Waals surface area (Å²) in [4.78, 5) is 0. The van der Waals surface area contributed by atoms with Gasteiger partial charge in [0.05, 0.1) is 29.6 Å². The van der Waals surface area contributed by atoms with Gasteiger partial charge in [-0.1, -0.05) is 85.5 Å². The molecule has 0 spiro atoms. The van der Waals surface area contributed by atoms with Crippen molar-refractivity contribution >= 4 is 38.4 Å². The Bertz CT molecular complexity index is 2100. The molecule has 3 heterocycles. The van der Waals surface area contributed by atoms with Crippen LogP contribution in [0, 0.1) is 0 Å². The largest absolute Gasteiger partial charge is 0.294 e. The molecule has 0 bridgehead atoms. The van der Waals surface area contributed by atoms with E-state index in [2.05, 4.69) is 121 Å². The number of benzene rings is 4. The fourth-order valence-electron chi connectivity index (χ4n) is 5.82. The fraction of sp³-hybridized carbons (Fsp3) is 0.0286. The fourth-order valence-corrected chi connectivity index (χ4v) is 5.82. The van der Waals surface area contributed by atoms with Crippen LogP contribution in [0.1, 0.15) is 5.56 Å². The van der Waals surface area contributed by atoms with Crippen molar-refractivity contribution in [2.75, 3.05) is 7.05 Å². The summed E-state index contributed by atoms with van der Waals surface area (Å²) in [5.74, 6) is 0. The third kappa shape index (κ3) is 3.88.